The summed E-state index contributed by atoms with van der Waals surface area (Å²) in [6.45, 7) is 0. The minimum absolute atomic E-state index is 0.266. The first kappa shape index (κ1) is 8.77. The number of nitrogens with one attached hydrogen (secondary N) is 1. The summed E-state index contributed by atoms with van der Waals surface area (Å²) in [6.07, 6.45) is 1.91. The predicted octanol–water partition coefficient (Wildman–Crippen LogP) is 0.782. The van der Waals surface area contributed by atoms with Crippen molar-refractivity contribution in [2.24, 2.45) is 12.9 Å². The van der Waals surface area contributed by atoms with E-state index in [9.17, 15) is 4.79 Å². The van der Waals surface area contributed by atoms with E-state index in [0.29, 0.717) is 5.56 Å². The molecule has 0 atom stereocenters. The second kappa shape index (κ2) is 3.16. The van der Waals surface area contributed by atoms with E-state index in [1.165, 1.54) is 0 Å². The number of fused-ring (bicyclic) bond motifs is 1. The van der Waals surface area contributed by atoms with Crippen molar-refractivity contribution in [2.75, 3.05) is 0 Å². The lowest BCUT2D eigenvalue weighted by Gasteiger charge is -2.03. The molecule has 0 fully saturated rings. The molecule has 4 heteroatoms. The molecule has 0 aliphatic rings. The van der Waals surface area contributed by atoms with Crippen LogP contribution in [-0.2, 0) is 7.05 Å². The first-order valence-electron chi connectivity index (χ1n) is 4.29. The molecule has 0 aliphatic heterocycles. The third kappa shape index (κ3) is 1.16. The van der Waals surface area contributed by atoms with Gasteiger partial charge in [0.1, 0.15) is 0 Å². The van der Waals surface area contributed by atoms with E-state index in [4.69, 9.17) is 5.84 Å². The van der Waals surface area contributed by atoms with Crippen molar-refractivity contribution in [2.45, 2.75) is 0 Å². The van der Waals surface area contributed by atoms with Gasteiger partial charge in [-0.2, -0.15) is 0 Å². The number of hydrazine groups is 1. The molecular formula is C10H11N3O. The van der Waals surface area contributed by atoms with Crippen LogP contribution in [0, 0.1) is 0 Å². The van der Waals surface area contributed by atoms with Crippen molar-refractivity contribution in [1.82, 2.24) is 9.99 Å². The fourth-order valence-corrected chi connectivity index (χ4v) is 1.62. The lowest BCUT2D eigenvalue weighted by molar-refractivity contribution is 0.0955. The van der Waals surface area contributed by atoms with Gasteiger partial charge in [-0.1, -0.05) is 12.1 Å². The van der Waals surface area contributed by atoms with Gasteiger partial charge in [0.15, 0.2) is 0 Å². The van der Waals surface area contributed by atoms with Crippen LogP contribution >= 0.6 is 0 Å². The summed E-state index contributed by atoms with van der Waals surface area (Å²) in [5.74, 6) is 4.84. The van der Waals surface area contributed by atoms with E-state index in [0.717, 1.165) is 10.9 Å². The second-order valence-electron chi connectivity index (χ2n) is 3.14. The molecule has 0 saturated heterocycles. The number of aryl methyl sites for hydroxylation is 1. The van der Waals surface area contributed by atoms with Crippen LogP contribution in [0.5, 0.6) is 0 Å². The number of hydrogen-bond acceptors (Lipinski definition) is 2. The highest BCUT2D eigenvalue weighted by Crippen LogP contribution is 2.18. The second-order valence-corrected chi connectivity index (χ2v) is 3.14. The van der Waals surface area contributed by atoms with Crippen molar-refractivity contribution in [3.05, 3.63) is 36.0 Å². The van der Waals surface area contributed by atoms with Gasteiger partial charge in [-0.3, -0.25) is 10.2 Å². The molecule has 3 N–H and O–H groups in total. The van der Waals surface area contributed by atoms with Crippen LogP contribution in [0.4, 0.5) is 0 Å². The summed E-state index contributed by atoms with van der Waals surface area (Å²) < 4.78 is 1.90. The summed E-state index contributed by atoms with van der Waals surface area (Å²) in [5, 5.41) is 1.04. The number of nitrogens with zero attached hydrogens (tertiary/aromatic N) is 1. The van der Waals surface area contributed by atoms with Crippen LogP contribution in [0.2, 0.25) is 0 Å². The molecule has 0 bridgehead atoms. The lowest BCUT2D eigenvalue weighted by atomic mass is 10.1. The molecule has 1 amide bonds. The van der Waals surface area contributed by atoms with Crippen LogP contribution < -0.4 is 11.3 Å². The highest BCUT2D eigenvalue weighted by molar-refractivity contribution is 6.05. The summed E-state index contributed by atoms with van der Waals surface area (Å²) in [7, 11) is 1.90. The van der Waals surface area contributed by atoms with Crippen LogP contribution in [-0.4, -0.2) is 10.5 Å². The van der Waals surface area contributed by atoms with Crippen LogP contribution in [0.1, 0.15) is 10.4 Å². The number of carbonyl (C=O) groups excluding carboxylic acids is 1. The molecule has 4 nitrogen and oxygen atoms in total. The highest BCUT2D eigenvalue weighted by Gasteiger charge is 2.10. The van der Waals surface area contributed by atoms with Gasteiger partial charge >= 0.3 is 0 Å². The Balaban J connectivity index is 2.75. The molecule has 1 aromatic carbocycles. The Bertz CT molecular complexity index is 487. The molecule has 14 heavy (non-hydrogen) atoms. The van der Waals surface area contributed by atoms with Gasteiger partial charge in [0, 0.05) is 18.6 Å². The molecule has 0 spiro atoms. The first-order chi connectivity index (χ1) is 6.74. The summed E-state index contributed by atoms with van der Waals surface area (Å²) in [4.78, 5) is 11.4. The molecule has 0 aliphatic carbocycles. The van der Waals surface area contributed by atoms with Gasteiger partial charge in [0.2, 0.25) is 0 Å². The normalized spacial score (nSPS) is 10.4. The average Bonchev–Trinajstić information content (AvgIpc) is 2.59. The Morgan fingerprint density at radius 1 is 1.43 bits per heavy atom. The maximum Gasteiger partial charge on any atom is 0.267 e. The minimum atomic E-state index is -0.266. The maximum absolute atomic E-state index is 11.4. The molecule has 2 rings (SSSR count). The number of nitrogen functional groups attached to an aromatic ring is 1. The van der Waals surface area contributed by atoms with Crippen molar-refractivity contribution in [3.8, 4) is 0 Å². The van der Waals surface area contributed by atoms with E-state index in [-0.39, 0.29) is 5.91 Å². The van der Waals surface area contributed by atoms with Crippen LogP contribution in [0.3, 0.4) is 0 Å². The number of carbonyl (C=O) groups is 1. The predicted molar refractivity (Wildman–Crippen MR) is 54.6 cm³/mol. The SMILES string of the molecule is Cn1ccc2cccc(C(=O)NN)c21. The zero-order valence-corrected chi connectivity index (χ0v) is 7.82. The Morgan fingerprint density at radius 3 is 2.93 bits per heavy atom. The Labute approximate surface area is 81.3 Å². The maximum atomic E-state index is 11.4. The molecule has 0 unspecified atom stereocenters. The van der Waals surface area contributed by atoms with Gasteiger partial charge in [0.25, 0.3) is 5.91 Å². The number of aromatic nitrogens is 1. The van der Waals surface area contributed by atoms with E-state index in [2.05, 4.69) is 5.43 Å². The molecular weight excluding hydrogens is 178 g/mol. The standard InChI is InChI=1S/C10H11N3O/c1-13-6-5-7-3-2-4-8(9(7)13)10(14)12-11/h2-6H,11H2,1H3,(H,12,14). The van der Waals surface area contributed by atoms with Crippen molar-refractivity contribution in [1.29, 1.82) is 0 Å². The Hall–Kier alpha value is -1.81. The van der Waals surface area contributed by atoms with Crippen molar-refractivity contribution >= 4 is 16.8 Å². The van der Waals surface area contributed by atoms with Gasteiger partial charge in [-0.05, 0) is 12.1 Å². The third-order valence-electron chi connectivity index (χ3n) is 2.27. The average molecular weight is 189 g/mol. The number of benzene rings is 1. The molecule has 1 heterocycles. The number of nitrogens with two attached hydrogens (primary N) is 1. The number of rotatable bonds is 1. The van der Waals surface area contributed by atoms with E-state index in [1.807, 2.05) is 36.0 Å². The topological polar surface area (TPSA) is 60.0 Å². The van der Waals surface area contributed by atoms with Gasteiger partial charge in [0.05, 0.1) is 11.1 Å². The zero-order valence-electron chi connectivity index (χ0n) is 7.82. The fourth-order valence-electron chi connectivity index (χ4n) is 1.62. The minimum Gasteiger partial charge on any atom is -0.350 e. The van der Waals surface area contributed by atoms with Crippen LogP contribution in [0.25, 0.3) is 10.9 Å². The van der Waals surface area contributed by atoms with E-state index in [1.54, 1.807) is 6.07 Å². The third-order valence-corrected chi connectivity index (χ3v) is 2.27. The Morgan fingerprint density at radius 2 is 2.21 bits per heavy atom. The largest absolute Gasteiger partial charge is 0.350 e. The van der Waals surface area contributed by atoms with E-state index >= 15 is 0 Å². The van der Waals surface area contributed by atoms with Crippen LogP contribution in [0.15, 0.2) is 30.5 Å². The molecule has 0 saturated carbocycles. The van der Waals surface area contributed by atoms with Gasteiger partial charge in [-0.15, -0.1) is 0 Å². The summed E-state index contributed by atoms with van der Waals surface area (Å²) in [6, 6.07) is 7.52. The monoisotopic (exact) mass is 189 g/mol. The highest BCUT2D eigenvalue weighted by atomic mass is 16.2. The fraction of sp³-hybridized carbons (Fsp3) is 0.100. The lowest BCUT2D eigenvalue weighted by Crippen LogP contribution is -2.30. The molecule has 0 radical (unpaired) electrons. The van der Waals surface area contributed by atoms with Gasteiger partial charge < -0.3 is 4.57 Å². The summed E-state index contributed by atoms with van der Waals surface area (Å²) >= 11 is 0. The molecule has 2 aromatic rings. The van der Waals surface area contributed by atoms with E-state index < -0.39 is 0 Å². The quantitative estimate of drug-likeness (QED) is 0.395. The van der Waals surface area contributed by atoms with Gasteiger partial charge in [-0.25, -0.2) is 5.84 Å². The smallest absolute Gasteiger partial charge is 0.267 e. The summed E-state index contributed by atoms with van der Waals surface area (Å²) in [5.41, 5.74) is 3.63. The molecule has 1 aromatic heterocycles. The molecule has 72 valence electrons. The number of amides is 1. The number of hydrogen-bond donors (Lipinski definition) is 2. The number of para-hydroxylation sites is 1. The Kier molecular flexibility index (Phi) is 1.98. The van der Waals surface area contributed by atoms with Crippen molar-refractivity contribution in [3.63, 3.8) is 0 Å². The first-order valence-corrected chi connectivity index (χ1v) is 4.29. The van der Waals surface area contributed by atoms with Crippen molar-refractivity contribution < 1.29 is 4.79 Å². The zero-order chi connectivity index (χ0) is 10.1.